The Morgan fingerprint density at radius 1 is 1.28 bits per heavy atom. The topological polar surface area (TPSA) is 41.6 Å². The summed E-state index contributed by atoms with van der Waals surface area (Å²) in [5, 5.41) is 3.25. The maximum atomic E-state index is 12.2. The van der Waals surface area contributed by atoms with Gasteiger partial charge in [0.25, 0.3) is 0 Å². The molecule has 1 atom stereocenters. The number of amides is 1. The van der Waals surface area contributed by atoms with E-state index >= 15 is 0 Å². The molecule has 1 N–H and O–H groups in total. The zero-order chi connectivity index (χ0) is 14.0. The molecule has 0 spiro atoms. The van der Waals surface area contributed by atoms with Crippen molar-refractivity contribution < 1.29 is 9.53 Å². The van der Waals surface area contributed by atoms with Gasteiger partial charge in [0.05, 0.1) is 17.7 Å². The monoisotopic (exact) mass is 256 g/mol. The maximum absolute atomic E-state index is 12.2. The molecule has 1 saturated heterocycles. The second kappa shape index (κ2) is 5.57. The first kappa shape index (κ1) is 15.4. The molecule has 4 heteroatoms. The Morgan fingerprint density at radius 3 is 2.22 bits per heavy atom. The van der Waals surface area contributed by atoms with Crippen molar-refractivity contribution in [2.45, 2.75) is 65.2 Å². The average molecular weight is 256 g/mol. The summed E-state index contributed by atoms with van der Waals surface area (Å²) < 4.78 is 5.97. The van der Waals surface area contributed by atoms with Gasteiger partial charge in [0.15, 0.2) is 0 Å². The van der Waals surface area contributed by atoms with E-state index in [0.29, 0.717) is 25.7 Å². The first-order chi connectivity index (χ1) is 8.15. The minimum atomic E-state index is -0.270. The largest absolute Gasteiger partial charge is 0.366 e. The molecule has 1 heterocycles. The molecule has 0 radical (unpaired) electrons. The lowest BCUT2D eigenvalue weighted by atomic mass is 9.99. The molecule has 0 saturated carbocycles. The second-order valence-corrected chi connectivity index (χ2v) is 6.56. The number of nitrogens with one attached hydrogen (secondary N) is 1. The van der Waals surface area contributed by atoms with E-state index in [0.717, 1.165) is 6.42 Å². The van der Waals surface area contributed by atoms with E-state index in [1.54, 1.807) is 0 Å². The summed E-state index contributed by atoms with van der Waals surface area (Å²) >= 11 is 0. The maximum Gasteiger partial charge on any atom is 0.236 e. The Hall–Kier alpha value is -0.610. The Kier molecular flexibility index (Phi) is 4.78. The van der Waals surface area contributed by atoms with Crippen molar-refractivity contribution in [2.75, 3.05) is 19.6 Å². The fourth-order valence-electron chi connectivity index (χ4n) is 2.48. The lowest BCUT2D eigenvalue weighted by Crippen LogP contribution is -2.60. The van der Waals surface area contributed by atoms with Crippen molar-refractivity contribution in [2.24, 2.45) is 0 Å². The van der Waals surface area contributed by atoms with Crippen LogP contribution in [0, 0.1) is 0 Å². The summed E-state index contributed by atoms with van der Waals surface area (Å²) in [6.07, 6.45) is 1.04. The number of morpholine rings is 1. The summed E-state index contributed by atoms with van der Waals surface area (Å²) in [6, 6.07) is 0.385. The van der Waals surface area contributed by atoms with Gasteiger partial charge >= 0.3 is 0 Å². The van der Waals surface area contributed by atoms with Crippen molar-refractivity contribution in [1.29, 1.82) is 0 Å². The minimum Gasteiger partial charge on any atom is -0.366 e. The van der Waals surface area contributed by atoms with Crippen LogP contribution in [0.1, 0.15) is 48.0 Å². The summed E-state index contributed by atoms with van der Waals surface area (Å²) in [5.41, 5.74) is -0.540. The standard InChI is InChI=1S/C14H28N2O2/c1-7-11(2)15-8-12(17)16-9-13(3,4)18-14(5,6)10-16/h11,15H,7-10H2,1-6H3. The molecule has 1 aliphatic rings. The van der Waals surface area contributed by atoms with Crippen LogP contribution in [0.25, 0.3) is 0 Å². The molecule has 1 rings (SSSR count). The third kappa shape index (κ3) is 4.58. The molecule has 1 unspecified atom stereocenters. The number of carbonyl (C=O) groups is 1. The van der Waals surface area contributed by atoms with Gasteiger partial charge in [0, 0.05) is 19.1 Å². The van der Waals surface area contributed by atoms with Crippen molar-refractivity contribution in [1.82, 2.24) is 10.2 Å². The van der Waals surface area contributed by atoms with Gasteiger partial charge in [-0.1, -0.05) is 6.92 Å². The summed E-state index contributed by atoms with van der Waals surface area (Å²) in [4.78, 5) is 14.1. The Bertz CT molecular complexity index is 284. The molecule has 18 heavy (non-hydrogen) atoms. The molecule has 106 valence electrons. The van der Waals surface area contributed by atoms with Crippen molar-refractivity contribution in [3.05, 3.63) is 0 Å². The number of hydrogen-bond acceptors (Lipinski definition) is 3. The van der Waals surface area contributed by atoms with Crippen LogP contribution in [-0.4, -0.2) is 47.7 Å². The van der Waals surface area contributed by atoms with Crippen LogP contribution in [0.3, 0.4) is 0 Å². The van der Waals surface area contributed by atoms with E-state index in [4.69, 9.17) is 4.74 Å². The minimum absolute atomic E-state index is 0.166. The predicted octanol–water partition coefficient (Wildman–Crippen LogP) is 1.79. The van der Waals surface area contributed by atoms with Gasteiger partial charge < -0.3 is 15.0 Å². The van der Waals surface area contributed by atoms with E-state index in [2.05, 4.69) is 19.2 Å². The van der Waals surface area contributed by atoms with Crippen LogP contribution in [0.4, 0.5) is 0 Å². The lowest BCUT2D eigenvalue weighted by molar-refractivity contribution is -0.187. The molecule has 0 aromatic heterocycles. The van der Waals surface area contributed by atoms with Crippen LogP contribution in [-0.2, 0) is 9.53 Å². The molecular weight excluding hydrogens is 228 g/mol. The van der Waals surface area contributed by atoms with Gasteiger partial charge in [-0.05, 0) is 41.0 Å². The molecule has 0 aliphatic carbocycles. The highest BCUT2D eigenvalue weighted by molar-refractivity contribution is 5.78. The van der Waals surface area contributed by atoms with Crippen LogP contribution >= 0.6 is 0 Å². The van der Waals surface area contributed by atoms with Crippen LogP contribution in [0.2, 0.25) is 0 Å². The normalized spacial score (nSPS) is 23.8. The van der Waals surface area contributed by atoms with Gasteiger partial charge in [-0.2, -0.15) is 0 Å². The van der Waals surface area contributed by atoms with Gasteiger partial charge in [0.2, 0.25) is 5.91 Å². The summed E-state index contributed by atoms with van der Waals surface area (Å²) in [6.45, 7) is 14.1. The van der Waals surface area contributed by atoms with Crippen LogP contribution in [0.15, 0.2) is 0 Å². The summed E-state index contributed by atoms with van der Waals surface area (Å²) in [5.74, 6) is 0.166. The smallest absolute Gasteiger partial charge is 0.236 e. The summed E-state index contributed by atoms with van der Waals surface area (Å²) in [7, 11) is 0. The highest BCUT2D eigenvalue weighted by Crippen LogP contribution is 2.27. The Labute approximate surface area is 111 Å². The molecule has 1 amide bonds. The van der Waals surface area contributed by atoms with E-state index in [9.17, 15) is 4.79 Å². The van der Waals surface area contributed by atoms with Gasteiger partial charge in [-0.15, -0.1) is 0 Å². The van der Waals surface area contributed by atoms with Gasteiger partial charge in [-0.3, -0.25) is 4.79 Å². The molecule has 0 aromatic rings. The SMILES string of the molecule is CCC(C)NCC(=O)N1CC(C)(C)OC(C)(C)C1. The number of carbonyl (C=O) groups excluding carboxylic acids is 1. The molecular formula is C14H28N2O2. The van der Waals surface area contributed by atoms with E-state index in [1.807, 2.05) is 32.6 Å². The fraction of sp³-hybridized carbons (Fsp3) is 0.929. The van der Waals surface area contributed by atoms with Gasteiger partial charge in [0.1, 0.15) is 0 Å². The highest BCUT2D eigenvalue weighted by Gasteiger charge is 2.39. The number of ether oxygens (including phenoxy) is 1. The first-order valence-corrected chi connectivity index (χ1v) is 6.86. The van der Waals surface area contributed by atoms with Crippen molar-refractivity contribution in [3.63, 3.8) is 0 Å². The predicted molar refractivity (Wildman–Crippen MR) is 73.6 cm³/mol. The van der Waals surface area contributed by atoms with Crippen molar-refractivity contribution >= 4 is 5.91 Å². The Morgan fingerprint density at radius 2 is 1.78 bits per heavy atom. The average Bonchev–Trinajstić information content (AvgIpc) is 2.20. The van der Waals surface area contributed by atoms with Gasteiger partial charge in [-0.25, -0.2) is 0 Å². The molecule has 1 aliphatic heterocycles. The second-order valence-electron chi connectivity index (χ2n) is 6.56. The fourth-order valence-corrected chi connectivity index (χ4v) is 2.48. The third-order valence-electron chi connectivity index (χ3n) is 3.26. The van der Waals surface area contributed by atoms with Crippen LogP contribution < -0.4 is 5.32 Å². The zero-order valence-electron chi connectivity index (χ0n) is 12.7. The Balaban J connectivity index is 2.57. The molecule has 0 bridgehead atoms. The lowest BCUT2D eigenvalue weighted by Gasteiger charge is -2.47. The number of rotatable bonds is 4. The van der Waals surface area contributed by atoms with Crippen molar-refractivity contribution in [3.8, 4) is 0 Å². The molecule has 4 nitrogen and oxygen atoms in total. The van der Waals surface area contributed by atoms with Crippen LogP contribution in [0.5, 0.6) is 0 Å². The van der Waals surface area contributed by atoms with E-state index < -0.39 is 0 Å². The molecule has 1 fully saturated rings. The first-order valence-electron chi connectivity index (χ1n) is 6.86. The molecule has 0 aromatic carbocycles. The van der Waals surface area contributed by atoms with E-state index in [1.165, 1.54) is 0 Å². The zero-order valence-corrected chi connectivity index (χ0v) is 12.7. The quantitative estimate of drug-likeness (QED) is 0.834. The number of nitrogens with zero attached hydrogens (tertiary/aromatic N) is 1. The third-order valence-corrected chi connectivity index (χ3v) is 3.26. The van der Waals surface area contributed by atoms with E-state index in [-0.39, 0.29) is 17.1 Å². The highest BCUT2D eigenvalue weighted by atomic mass is 16.5. The number of hydrogen-bond donors (Lipinski definition) is 1.